The van der Waals surface area contributed by atoms with Gasteiger partial charge in [-0.1, -0.05) is 79.3 Å². The maximum absolute atomic E-state index is 4.93. The second-order valence-corrected chi connectivity index (χ2v) is 11.4. The van der Waals surface area contributed by atoms with Gasteiger partial charge in [-0.2, -0.15) is 0 Å². The van der Waals surface area contributed by atoms with Gasteiger partial charge in [-0.15, -0.1) is 6.58 Å². The summed E-state index contributed by atoms with van der Waals surface area (Å²) in [6.45, 7) is 8.70. The monoisotopic (exact) mass is 486 g/mol. The van der Waals surface area contributed by atoms with Gasteiger partial charge in [0.15, 0.2) is 0 Å². The van der Waals surface area contributed by atoms with Gasteiger partial charge >= 0.3 is 37.9 Å². The molecule has 0 saturated carbocycles. The summed E-state index contributed by atoms with van der Waals surface area (Å²) < 4.78 is 0. The van der Waals surface area contributed by atoms with E-state index < -0.39 is 20.8 Å². The molecule has 2 aromatic carbocycles. The summed E-state index contributed by atoms with van der Waals surface area (Å²) in [5.74, 6) is 0.421. The van der Waals surface area contributed by atoms with Crippen molar-refractivity contribution in [2.75, 3.05) is 0 Å². The summed E-state index contributed by atoms with van der Waals surface area (Å²) in [6.07, 6.45) is 12.2. The molecular formula is C25H26Cl2Zr. The summed E-state index contributed by atoms with van der Waals surface area (Å²) in [5, 5.41) is 0. The molecule has 0 aliphatic heterocycles. The Bertz CT molecular complexity index is 913. The van der Waals surface area contributed by atoms with Crippen LogP contribution in [0.3, 0.4) is 0 Å². The predicted molar refractivity (Wildman–Crippen MR) is 120 cm³/mol. The maximum atomic E-state index is 4.93. The molecule has 2 unspecified atom stereocenters. The molecule has 0 aromatic heterocycles. The molecule has 2 aromatic rings. The van der Waals surface area contributed by atoms with E-state index in [4.69, 9.17) is 17.0 Å². The number of rotatable bonds is 5. The number of aryl methyl sites for hydroxylation is 1. The van der Waals surface area contributed by atoms with E-state index in [1.807, 2.05) is 0 Å². The molecule has 2 aliphatic rings. The number of halogens is 2. The van der Waals surface area contributed by atoms with E-state index >= 15 is 0 Å². The van der Waals surface area contributed by atoms with Crippen molar-refractivity contribution in [3.63, 3.8) is 0 Å². The molecule has 0 amide bonds. The van der Waals surface area contributed by atoms with Crippen LogP contribution in [0.25, 0.3) is 11.1 Å². The number of allylic oxidation sites excluding steroid dienone is 5. The Morgan fingerprint density at radius 2 is 1.86 bits per heavy atom. The Morgan fingerprint density at radius 1 is 1.14 bits per heavy atom. The van der Waals surface area contributed by atoms with E-state index in [2.05, 4.69) is 87.2 Å². The quantitative estimate of drug-likeness (QED) is 0.371. The zero-order chi connectivity index (χ0) is 20.1. The standard InChI is InChI=1S/C25H26.2ClH.Zr/c1-4-5-17-25(3,19-12-6-7-13-19)24-21-15-9-8-14-20(21)23-18(2)11-10-16-22(23)24;;;/h4,6-12,14-16,24H,1,5,13,17H2,2-3H3;2*1H;/q;;;+2/p-2. The Labute approximate surface area is 188 Å². The zero-order valence-electron chi connectivity index (χ0n) is 16.5. The summed E-state index contributed by atoms with van der Waals surface area (Å²) in [4.78, 5) is 0. The summed E-state index contributed by atoms with van der Waals surface area (Å²) in [6, 6.07) is 15.8. The molecule has 0 nitrogen and oxygen atoms in total. The third-order valence-electron chi connectivity index (χ3n) is 6.17. The third-order valence-corrected chi connectivity index (χ3v) is 6.17. The fourth-order valence-electron chi connectivity index (χ4n) is 4.89. The minimum absolute atomic E-state index is 0.118. The van der Waals surface area contributed by atoms with Gasteiger partial charge in [0, 0.05) is 11.3 Å². The van der Waals surface area contributed by atoms with Crippen LogP contribution in [0.4, 0.5) is 0 Å². The number of benzene rings is 2. The first-order chi connectivity index (χ1) is 13.6. The average molecular weight is 489 g/mol. The van der Waals surface area contributed by atoms with E-state index in [1.54, 1.807) is 5.57 Å². The van der Waals surface area contributed by atoms with Crippen molar-refractivity contribution in [3.8, 4) is 11.1 Å². The van der Waals surface area contributed by atoms with Gasteiger partial charge in [-0.05, 0) is 54.0 Å². The summed E-state index contributed by atoms with van der Waals surface area (Å²) in [7, 11) is 9.87. The van der Waals surface area contributed by atoms with Gasteiger partial charge in [0.25, 0.3) is 0 Å². The van der Waals surface area contributed by atoms with Crippen molar-refractivity contribution >= 4 is 17.0 Å². The Balaban J connectivity index is 0.000000706. The normalized spacial score (nSPS) is 18.3. The second-order valence-electron chi connectivity index (χ2n) is 7.70. The molecule has 2 atom stereocenters. The molecule has 2 aliphatic carbocycles. The van der Waals surface area contributed by atoms with E-state index in [1.165, 1.54) is 27.8 Å². The van der Waals surface area contributed by atoms with Crippen molar-refractivity contribution in [1.29, 1.82) is 0 Å². The van der Waals surface area contributed by atoms with Crippen LogP contribution in [-0.4, -0.2) is 0 Å². The molecular weight excluding hydrogens is 462 g/mol. The molecule has 0 bridgehead atoms. The fraction of sp³-hybridized carbons (Fsp3) is 0.280. The summed E-state index contributed by atoms with van der Waals surface area (Å²) in [5.41, 5.74) is 8.94. The van der Waals surface area contributed by atoms with Crippen LogP contribution in [0.5, 0.6) is 0 Å². The first-order valence-corrected chi connectivity index (χ1v) is 16.0. The van der Waals surface area contributed by atoms with Crippen molar-refractivity contribution in [1.82, 2.24) is 0 Å². The van der Waals surface area contributed by atoms with Gasteiger partial charge in [0.05, 0.1) is 0 Å². The van der Waals surface area contributed by atoms with E-state index in [0.717, 1.165) is 19.3 Å². The Morgan fingerprint density at radius 3 is 2.54 bits per heavy atom. The Hall–Kier alpha value is -0.877. The first kappa shape index (κ1) is 21.8. The number of hydrogen-bond donors (Lipinski definition) is 0. The molecule has 0 fully saturated rings. The SMILES string of the molecule is C=CCCC(C)(C1=CC=CC1)C1c2ccccc2-c2c(C)cccc21.[Cl][Zr][Cl]. The molecule has 0 radical (unpaired) electrons. The first-order valence-electron chi connectivity index (χ1n) is 9.70. The molecule has 28 heavy (non-hydrogen) atoms. The van der Waals surface area contributed by atoms with E-state index in [0.29, 0.717) is 5.92 Å². The minimum atomic E-state index is -0.826. The average Bonchev–Trinajstić information content (AvgIpc) is 3.34. The summed E-state index contributed by atoms with van der Waals surface area (Å²) >= 11 is -0.826. The van der Waals surface area contributed by atoms with E-state index in [-0.39, 0.29) is 5.41 Å². The number of hydrogen-bond acceptors (Lipinski definition) is 0. The molecule has 0 heterocycles. The van der Waals surface area contributed by atoms with Crippen molar-refractivity contribution in [2.24, 2.45) is 5.41 Å². The fourth-order valence-corrected chi connectivity index (χ4v) is 4.89. The van der Waals surface area contributed by atoms with Crippen LogP contribution in [0.15, 0.2) is 78.9 Å². The molecule has 3 heteroatoms. The van der Waals surface area contributed by atoms with Gasteiger partial charge in [0.1, 0.15) is 0 Å². The van der Waals surface area contributed by atoms with Gasteiger partial charge in [-0.25, -0.2) is 0 Å². The van der Waals surface area contributed by atoms with Gasteiger partial charge < -0.3 is 0 Å². The third kappa shape index (κ3) is 4.04. The van der Waals surface area contributed by atoms with Crippen LogP contribution in [-0.2, 0) is 20.8 Å². The second kappa shape index (κ2) is 9.75. The van der Waals surface area contributed by atoms with Crippen molar-refractivity contribution in [2.45, 2.75) is 39.0 Å². The van der Waals surface area contributed by atoms with Crippen LogP contribution in [0.1, 0.15) is 48.8 Å². The van der Waals surface area contributed by atoms with Gasteiger partial charge in [-0.3, -0.25) is 0 Å². The predicted octanol–water partition coefficient (Wildman–Crippen LogP) is 8.34. The Kier molecular flexibility index (Phi) is 7.60. The molecule has 0 spiro atoms. The number of fused-ring (bicyclic) bond motifs is 3. The van der Waals surface area contributed by atoms with Crippen LogP contribution in [0, 0.1) is 12.3 Å². The van der Waals surface area contributed by atoms with Crippen molar-refractivity contribution < 1.29 is 20.8 Å². The molecule has 0 N–H and O–H groups in total. The van der Waals surface area contributed by atoms with E-state index in [9.17, 15) is 0 Å². The van der Waals surface area contributed by atoms with Crippen LogP contribution in [0.2, 0.25) is 0 Å². The van der Waals surface area contributed by atoms with Crippen LogP contribution >= 0.6 is 17.0 Å². The molecule has 144 valence electrons. The van der Waals surface area contributed by atoms with Crippen LogP contribution < -0.4 is 0 Å². The van der Waals surface area contributed by atoms with Gasteiger partial charge in [0.2, 0.25) is 0 Å². The molecule has 4 rings (SSSR count). The zero-order valence-corrected chi connectivity index (χ0v) is 20.5. The molecule has 0 saturated heterocycles. The topological polar surface area (TPSA) is 0 Å². The van der Waals surface area contributed by atoms with Crippen molar-refractivity contribution in [3.05, 3.63) is 95.6 Å².